The number of hydrogen-bond donors (Lipinski definition) is 2. The van der Waals surface area contributed by atoms with E-state index in [1.165, 1.54) is 12.4 Å². The molecule has 0 rings (SSSR count). The van der Waals surface area contributed by atoms with E-state index >= 15 is 0 Å². The molecule has 2 N–H and O–H groups in total. The van der Waals surface area contributed by atoms with Gasteiger partial charge in [-0.25, -0.2) is 0 Å². The first-order valence-electron chi connectivity index (χ1n) is 2.86. The molecule has 0 atom stereocenters. The van der Waals surface area contributed by atoms with E-state index in [1.54, 1.807) is 0 Å². The third-order valence-corrected chi connectivity index (χ3v) is 1.05. The Morgan fingerprint density at radius 2 is 1.88 bits per heavy atom. The zero-order valence-electron chi connectivity index (χ0n) is 5.15. The van der Waals surface area contributed by atoms with Crippen molar-refractivity contribution < 1.29 is 0 Å². The van der Waals surface area contributed by atoms with Crippen LogP contribution in [0.3, 0.4) is 0 Å². The highest BCUT2D eigenvalue weighted by molar-refractivity contribution is 5.79. The zero-order chi connectivity index (χ0) is 6.41. The van der Waals surface area contributed by atoms with E-state index in [-0.39, 0.29) is 5.92 Å². The smallest absolute Gasteiger partial charge is 0.0283 e. The molecule has 0 aliphatic carbocycles. The summed E-state index contributed by atoms with van der Waals surface area (Å²) < 4.78 is 0. The van der Waals surface area contributed by atoms with Gasteiger partial charge in [-0.1, -0.05) is 13.3 Å². The molecule has 8 heavy (non-hydrogen) atoms. The van der Waals surface area contributed by atoms with E-state index in [1.807, 2.05) is 0 Å². The normalized spacial score (nSPS) is 12.6. The van der Waals surface area contributed by atoms with Gasteiger partial charge in [-0.05, 0) is 6.42 Å². The van der Waals surface area contributed by atoms with Crippen LogP contribution >= 0.6 is 0 Å². The minimum Gasteiger partial charge on any atom is -0.312 e. The molecule has 0 aliphatic rings. The largest absolute Gasteiger partial charge is 0.312 e. The van der Waals surface area contributed by atoms with Gasteiger partial charge in [0.05, 0.1) is 0 Å². The Labute approximate surface area is 49.9 Å². The Hall–Kier alpha value is -0.660. The Bertz CT molecular complexity index is 70.6. The molecule has 0 radical (unpaired) electrons. The van der Waals surface area contributed by atoms with Crippen LogP contribution in [0.2, 0.25) is 0 Å². The summed E-state index contributed by atoms with van der Waals surface area (Å²) in [5.41, 5.74) is 0. The predicted octanol–water partition coefficient (Wildman–Crippen LogP) is 1.70. The van der Waals surface area contributed by atoms with Crippen LogP contribution in [0, 0.1) is 16.7 Å². The minimum atomic E-state index is 0.0833. The van der Waals surface area contributed by atoms with Crippen molar-refractivity contribution in [3.8, 4) is 0 Å². The van der Waals surface area contributed by atoms with Crippen LogP contribution in [-0.2, 0) is 0 Å². The Morgan fingerprint density at radius 3 is 2.00 bits per heavy atom. The summed E-state index contributed by atoms with van der Waals surface area (Å²) in [5.74, 6) is 0.0833. The van der Waals surface area contributed by atoms with Crippen molar-refractivity contribution in [2.75, 3.05) is 0 Å². The second kappa shape index (κ2) is 4.50. The molecule has 0 amide bonds. The lowest BCUT2D eigenvalue weighted by molar-refractivity contribution is 0.764. The first-order valence-corrected chi connectivity index (χ1v) is 2.86. The molecule has 0 aromatic rings. The highest BCUT2D eigenvalue weighted by atomic mass is 14.4. The maximum Gasteiger partial charge on any atom is 0.0283 e. The second-order valence-corrected chi connectivity index (χ2v) is 1.79. The number of hydrogen-bond acceptors (Lipinski definition) is 2. The zero-order valence-corrected chi connectivity index (χ0v) is 5.15. The van der Waals surface area contributed by atoms with Crippen LogP contribution in [0.25, 0.3) is 0 Å². The minimum absolute atomic E-state index is 0.0833. The van der Waals surface area contributed by atoms with Crippen molar-refractivity contribution in [2.24, 2.45) is 5.92 Å². The number of nitrogens with one attached hydrogen (secondary N) is 2. The molecule has 0 fully saturated rings. The van der Waals surface area contributed by atoms with Gasteiger partial charge in [-0.3, -0.25) is 0 Å². The summed E-state index contributed by atoms with van der Waals surface area (Å²) in [6.07, 6.45) is 4.62. The monoisotopic (exact) mass is 112 g/mol. The Kier molecular flexibility index (Phi) is 4.13. The third kappa shape index (κ3) is 2.50. The fourth-order valence-electron chi connectivity index (χ4n) is 0.548. The molecule has 0 heterocycles. The lowest BCUT2D eigenvalue weighted by Gasteiger charge is -1.98. The summed E-state index contributed by atoms with van der Waals surface area (Å²) in [5, 5.41) is 13.6. The van der Waals surface area contributed by atoms with E-state index < -0.39 is 0 Å². The van der Waals surface area contributed by atoms with Crippen molar-refractivity contribution in [3.63, 3.8) is 0 Å². The highest BCUT2D eigenvalue weighted by Gasteiger charge is 1.95. The molecule has 0 unspecified atom stereocenters. The average Bonchev–Trinajstić information content (AvgIpc) is 1.83. The molecule has 46 valence electrons. The van der Waals surface area contributed by atoms with Gasteiger partial charge in [0, 0.05) is 18.3 Å². The van der Waals surface area contributed by atoms with Crippen LogP contribution in [0.15, 0.2) is 0 Å². The van der Waals surface area contributed by atoms with Crippen molar-refractivity contribution in [3.05, 3.63) is 0 Å². The predicted molar refractivity (Wildman–Crippen MR) is 36.0 cm³/mol. The van der Waals surface area contributed by atoms with Gasteiger partial charge in [0.2, 0.25) is 0 Å². The van der Waals surface area contributed by atoms with Gasteiger partial charge in [0.1, 0.15) is 0 Å². The first-order chi connectivity index (χ1) is 3.85. The fourth-order valence-corrected chi connectivity index (χ4v) is 0.548. The van der Waals surface area contributed by atoms with Gasteiger partial charge in [-0.15, -0.1) is 0 Å². The Morgan fingerprint density at radius 1 is 1.38 bits per heavy atom. The maximum absolute atomic E-state index is 6.79. The van der Waals surface area contributed by atoms with Crippen molar-refractivity contribution in [2.45, 2.75) is 19.8 Å². The van der Waals surface area contributed by atoms with Crippen LogP contribution < -0.4 is 0 Å². The van der Waals surface area contributed by atoms with Gasteiger partial charge in [0.25, 0.3) is 0 Å². The van der Waals surface area contributed by atoms with E-state index in [0.29, 0.717) is 0 Å². The van der Waals surface area contributed by atoms with Gasteiger partial charge >= 0.3 is 0 Å². The van der Waals surface area contributed by atoms with Gasteiger partial charge < -0.3 is 10.8 Å². The molecule has 2 heteroatoms. The molecule has 0 saturated heterocycles. The second-order valence-electron chi connectivity index (χ2n) is 1.79. The van der Waals surface area contributed by atoms with E-state index in [4.69, 9.17) is 10.8 Å². The summed E-state index contributed by atoms with van der Waals surface area (Å²) in [4.78, 5) is 0. The lowest BCUT2D eigenvalue weighted by Crippen LogP contribution is -2.00. The van der Waals surface area contributed by atoms with Crippen LogP contribution in [0.4, 0.5) is 0 Å². The van der Waals surface area contributed by atoms with Crippen molar-refractivity contribution in [1.29, 1.82) is 10.8 Å². The van der Waals surface area contributed by atoms with E-state index in [2.05, 4.69) is 6.92 Å². The molecule has 0 spiro atoms. The van der Waals surface area contributed by atoms with E-state index in [0.717, 1.165) is 12.8 Å². The van der Waals surface area contributed by atoms with Gasteiger partial charge in [0.15, 0.2) is 0 Å². The van der Waals surface area contributed by atoms with Crippen LogP contribution in [0.1, 0.15) is 19.8 Å². The lowest BCUT2D eigenvalue weighted by atomic mass is 10.1. The highest BCUT2D eigenvalue weighted by Crippen LogP contribution is 1.97. The molecule has 0 saturated carbocycles. The standard InChI is InChI=1S/C6H12N2/c1-2-3-6(4-7)5-8/h4-8H,2-3H2,1H3. The third-order valence-electron chi connectivity index (χ3n) is 1.05. The molecule has 0 aromatic carbocycles. The van der Waals surface area contributed by atoms with Crippen molar-refractivity contribution >= 4 is 12.4 Å². The molecule has 0 aromatic heterocycles. The van der Waals surface area contributed by atoms with E-state index in [9.17, 15) is 0 Å². The number of rotatable bonds is 4. The quantitative estimate of drug-likeness (QED) is 0.520. The maximum atomic E-state index is 6.79. The Balaban J connectivity index is 3.35. The molecule has 0 aliphatic heterocycles. The van der Waals surface area contributed by atoms with Crippen LogP contribution in [0.5, 0.6) is 0 Å². The average molecular weight is 112 g/mol. The molecule has 2 nitrogen and oxygen atoms in total. The molecular formula is C6H12N2. The summed E-state index contributed by atoms with van der Waals surface area (Å²) in [6, 6.07) is 0. The topological polar surface area (TPSA) is 47.7 Å². The SMILES string of the molecule is CCCC(C=N)C=N. The van der Waals surface area contributed by atoms with Gasteiger partial charge in [-0.2, -0.15) is 0 Å². The first kappa shape index (κ1) is 7.34. The fraction of sp³-hybridized carbons (Fsp3) is 0.667. The van der Waals surface area contributed by atoms with Crippen molar-refractivity contribution in [1.82, 2.24) is 0 Å². The summed E-state index contributed by atoms with van der Waals surface area (Å²) >= 11 is 0. The summed E-state index contributed by atoms with van der Waals surface area (Å²) in [7, 11) is 0. The molecular weight excluding hydrogens is 100 g/mol. The van der Waals surface area contributed by atoms with Crippen LogP contribution in [-0.4, -0.2) is 12.4 Å². The summed E-state index contributed by atoms with van der Waals surface area (Å²) in [6.45, 7) is 2.06. The molecule has 0 bridgehead atoms.